The van der Waals surface area contributed by atoms with Crippen molar-refractivity contribution in [3.05, 3.63) is 11.4 Å². The van der Waals surface area contributed by atoms with Gasteiger partial charge in [-0.1, -0.05) is 11.6 Å². The summed E-state index contributed by atoms with van der Waals surface area (Å²) in [4.78, 5) is 11.8. The average Bonchev–Trinajstić information content (AvgIpc) is 3.13. The van der Waals surface area contributed by atoms with Gasteiger partial charge in [0.15, 0.2) is 5.69 Å². The van der Waals surface area contributed by atoms with E-state index in [0.717, 1.165) is 18.4 Å². The molecule has 1 heterocycles. The first-order valence-electron chi connectivity index (χ1n) is 7.52. The topological polar surface area (TPSA) is 83.0 Å². The molecule has 0 amide bonds. The Balaban J connectivity index is 1.75. The van der Waals surface area contributed by atoms with E-state index in [0.29, 0.717) is 18.2 Å². The van der Waals surface area contributed by atoms with E-state index in [-0.39, 0.29) is 12.2 Å². The van der Waals surface area contributed by atoms with Crippen LogP contribution in [0.4, 0.5) is 0 Å². The Morgan fingerprint density at radius 2 is 2.30 bits per heavy atom. The summed E-state index contributed by atoms with van der Waals surface area (Å²) in [7, 11) is 0. The number of hydrogen-bond donors (Lipinski definition) is 1. The number of ether oxygens (including phenoxy) is 1. The molecule has 2 N–H and O–H groups in total. The van der Waals surface area contributed by atoms with Crippen LogP contribution in [-0.2, 0) is 17.8 Å². The Bertz CT molecular complexity index is 499. The number of rotatable bonds is 5. The van der Waals surface area contributed by atoms with Crippen LogP contribution in [0.15, 0.2) is 0 Å². The van der Waals surface area contributed by atoms with Crippen molar-refractivity contribution in [2.75, 3.05) is 6.61 Å². The van der Waals surface area contributed by atoms with Gasteiger partial charge in [0.2, 0.25) is 0 Å². The zero-order chi connectivity index (χ0) is 14.1. The van der Waals surface area contributed by atoms with Gasteiger partial charge in [0.25, 0.3) is 0 Å². The van der Waals surface area contributed by atoms with E-state index in [1.165, 1.54) is 25.7 Å². The summed E-state index contributed by atoms with van der Waals surface area (Å²) in [5.41, 5.74) is 6.75. The van der Waals surface area contributed by atoms with Crippen LogP contribution in [0, 0.1) is 17.8 Å². The molecule has 1 aromatic heterocycles. The van der Waals surface area contributed by atoms with E-state index < -0.39 is 5.97 Å². The third-order valence-corrected chi connectivity index (χ3v) is 4.79. The van der Waals surface area contributed by atoms with E-state index in [4.69, 9.17) is 10.5 Å². The Hall–Kier alpha value is -1.43. The molecule has 2 aliphatic carbocycles. The molecule has 3 rings (SSSR count). The molecule has 3 atom stereocenters. The number of nitrogens with zero attached hydrogens (tertiary/aromatic N) is 3. The van der Waals surface area contributed by atoms with Crippen LogP contribution in [0.2, 0.25) is 0 Å². The van der Waals surface area contributed by atoms with Crippen molar-refractivity contribution in [3.8, 4) is 0 Å². The number of nitrogens with two attached hydrogens (primary N) is 1. The van der Waals surface area contributed by atoms with Gasteiger partial charge < -0.3 is 10.5 Å². The van der Waals surface area contributed by atoms with Gasteiger partial charge in [-0.25, -0.2) is 9.48 Å². The number of esters is 1. The second-order valence-corrected chi connectivity index (χ2v) is 5.93. The molecule has 0 aliphatic heterocycles. The van der Waals surface area contributed by atoms with Gasteiger partial charge in [-0.15, -0.1) is 5.10 Å². The largest absolute Gasteiger partial charge is 0.461 e. The molecular weight excluding hydrogens is 256 g/mol. The molecule has 2 fully saturated rings. The second kappa shape index (κ2) is 5.52. The molecular formula is C14H22N4O2. The maximum atomic E-state index is 11.8. The van der Waals surface area contributed by atoms with Crippen molar-refractivity contribution in [2.24, 2.45) is 23.5 Å². The number of carbonyl (C=O) groups is 1. The molecule has 6 nitrogen and oxygen atoms in total. The minimum absolute atomic E-state index is 0.266. The van der Waals surface area contributed by atoms with Crippen LogP contribution in [0.5, 0.6) is 0 Å². The summed E-state index contributed by atoms with van der Waals surface area (Å²) in [6, 6.07) is 0. The van der Waals surface area contributed by atoms with Gasteiger partial charge in [0, 0.05) is 13.1 Å². The average molecular weight is 278 g/mol. The minimum atomic E-state index is -0.424. The lowest BCUT2D eigenvalue weighted by molar-refractivity contribution is 0.0518. The van der Waals surface area contributed by atoms with E-state index in [2.05, 4.69) is 10.3 Å². The summed E-state index contributed by atoms with van der Waals surface area (Å²) >= 11 is 0. The quantitative estimate of drug-likeness (QED) is 0.822. The first-order chi connectivity index (χ1) is 9.72. The normalized spacial score (nSPS) is 28.0. The van der Waals surface area contributed by atoms with Crippen LogP contribution in [-0.4, -0.2) is 27.6 Å². The Morgan fingerprint density at radius 1 is 1.45 bits per heavy atom. The standard InChI is InChI=1S/C14H22N4O2/c1-2-20-14(19)13-12(7-15)18(17-16-13)8-11-6-9-3-4-10(11)5-9/h9-11H,2-8,15H2,1H3. The molecule has 0 saturated heterocycles. The molecule has 0 spiro atoms. The Morgan fingerprint density at radius 3 is 2.90 bits per heavy atom. The van der Waals surface area contributed by atoms with Crippen molar-refractivity contribution in [2.45, 2.75) is 45.7 Å². The van der Waals surface area contributed by atoms with Crippen molar-refractivity contribution >= 4 is 5.97 Å². The Kier molecular flexibility index (Phi) is 3.74. The predicted molar refractivity (Wildman–Crippen MR) is 72.8 cm³/mol. The second-order valence-electron chi connectivity index (χ2n) is 5.93. The molecule has 0 radical (unpaired) electrons. The maximum absolute atomic E-state index is 11.8. The zero-order valence-corrected chi connectivity index (χ0v) is 11.9. The van der Waals surface area contributed by atoms with E-state index in [1.54, 1.807) is 6.92 Å². The lowest BCUT2D eigenvalue weighted by Crippen LogP contribution is -2.21. The van der Waals surface area contributed by atoms with Crippen molar-refractivity contribution in [1.29, 1.82) is 0 Å². The highest BCUT2D eigenvalue weighted by Gasteiger charge is 2.40. The van der Waals surface area contributed by atoms with Gasteiger partial charge in [-0.05, 0) is 43.9 Å². The number of fused-ring (bicyclic) bond motifs is 2. The summed E-state index contributed by atoms with van der Waals surface area (Å²) < 4.78 is 6.81. The fourth-order valence-corrected chi connectivity index (χ4v) is 3.86. The van der Waals surface area contributed by atoms with Crippen molar-refractivity contribution in [3.63, 3.8) is 0 Å². The fourth-order valence-electron chi connectivity index (χ4n) is 3.86. The highest BCUT2D eigenvalue weighted by molar-refractivity contribution is 5.88. The monoisotopic (exact) mass is 278 g/mol. The number of hydrogen-bond acceptors (Lipinski definition) is 5. The van der Waals surface area contributed by atoms with E-state index in [1.807, 2.05) is 4.68 Å². The lowest BCUT2D eigenvalue weighted by Gasteiger charge is -2.21. The van der Waals surface area contributed by atoms with Crippen LogP contribution >= 0.6 is 0 Å². The van der Waals surface area contributed by atoms with Gasteiger partial charge in [-0.2, -0.15) is 0 Å². The van der Waals surface area contributed by atoms with Crippen molar-refractivity contribution < 1.29 is 9.53 Å². The van der Waals surface area contributed by atoms with E-state index in [9.17, 15) is 4.79 Å². The van der Waals surface area contributed by atoms with Crippen LogP contribution in [0.3, 0.4) is 0 Å². The molecule has 2 aliphatic rings. The maximum Gasteiger partial charge on any atom is 0.360 e. The highest BCUT2D eigenvalue weighted by Crippen LogP contribution is 2.48. The van der Waals surface area contributed by atoms with Gasteiger partial charge in [0.05, 0.1) is 12.3 Å². The zero-order valence-electron chi connectivity index (χ0n) is 11.9. The van der Waals surface area contributed by atoms with Gasteiger partial charge in [-0.3, -0.25) is 0 Å². The first kappa shape index (κ1) is 13.5. The first-order valence-corrected chi connectivity index (χ1v) is 7.52. The molecule has 6 heteroatoms. The van der Waals surface area contributed by atoms with Crippen LogP contribution in [0.25, 0.3) is 0 Å². The summed E-state index contributed by atoms with van der Waals surface area (Å²) in [6.07, 6.45) is 5.37. The third kappa shape index (κ3) is 2.32. The minimum Gasteiger partial charge on any atom is -0.461 e. The smallest absolute Gasteiger partial charge is 0.360 e. The predicted octanol–water partition coefficient (Wildman–Crippen LogP) is 1.35. The Labute approximate surface area is 118 Å². The molecule has 2 saturated carbocycles. The summed E-state index contributed by atoms with van der Waals surface area (Å²) in [6.45, 7) is 3.21. The van der Waals surface area contributed by atoms with Crippen molar-refractivity contribution in [1.82, 2.24) is 15.0 Å². The number of carbonyl (C=O) groups excluding carboxylic acids is 1. The lowest BCUT2D eigenvalue weighted by atomic mass is 9.89. The fraction of sp³-hybridized carbons (Fsp3) is 0.786. The van der Waals surface area contributed by atoms with E-state index >= 15 is 0 Å². The van der Waals surface area contributed by atoms with Crippen LogP contribution < -0.4 is 5.73 Å². The molecule has 110 valence electrons. The number of aromatic nitrogens is 3. The van der Waals surface area contributed by atoms with Gasteiger partial charge in [0.1, 0.15) is 0 Å². The molecule has 3 unspecified atom stereocenters. The molecule has 0 aromatic carbocycles. The summed E-state index contributed by atoms with van der Waals surface area (Å²) in [5.74, 6) is 1.96. The molecule has 20 heavy (non-hydrogen) atoms. The third-order valence-electron chi connectivity index (χ3n) is 4.79. The molecule has 1 aromatic rings. The summed E-state index contributed by atoms with van der Waals surface area (Å²) in [5, 5.41) is 8.09. The highest BCUT2D eigenvalue weighted by atomic mass is 16.5. The SMILES string of the molecule is CCOC(=O)c1nnn(CC2CC3CCC2C3)c1CN. The van der Waals surface area contributed by atoms with Gasteiger partial charge >= 0.3 is 5.97 Å². The molecule has 2 bridgehead atoms. The van der Waals surface area contributed by atoms with Crippen LogP contribution in [0.1, 0.15) is 48.8 Å².